The van der Waals surface area contributed by atoms with Crippen molar-refractivity contribution in [2.75, 3.05) is 0 Å². The first kappa shape index (κ1) is 10.4. The molecule has 0 saturated carbocycles. The zero-order chi connectivity index (χ0) is 8.53. The second-order valence-electron chi connectivity index (χ2n) is 2.40. The number of rotatable bonds is 5. The van der Waals surface area contributed by atoms with E-state index in [-0.39, 0.29) is 15.5 Å². The third kappa shape index (κ3) is 7.32. The van der Waals surface area contributed by atoms with Gasteiger partial charge in [0.1, 0.15) is 0 Å². The van der Waals surface area contributed by atoms with Crippen LogP contribution >= 0.6 is 0 Å². The second-order valence-corrected chi connectivity index (χ2v) is 3.98. The molecule has 0 aliphatic rings. The lowest BCUT2D eigenvalue weighted by Crippen LogP contribution is -1.97. The van der Waals surface area contributed by atoms with Crippen molar-refractivity contribution in [2.24, 2.45) is 0 Å². The highest BCUT2D eigenvalue weighted by Gasteiger charge is 1.95. The summed E-state index contributed by atoms with van der Waals surface area (Å²) in [4.78, 5) is 10.7. The summed E-state index contributed by atoms with van der Waals surface area (Å²) in [5.41, 5.74) is 0. The summed E-state index contributed by atoms with van der Waals surface area (Å²) in [6.07, 6.45) is 4.83. The molecule has 0 radical (unpaired) electrons. The zero-order valence-corrected chi connectivity index (χ0v) is 8.71. The van der Waals surface area contributed by atoms with Gasteiger partial charge in [-0.25, -0.2) is 0 Å². The summed E-state index contributed by atoms with van der Waals surface area (Å²) in [7, 11) is 0.0795. The Morgan fingerprint density at radius 2 is 2.36 bits per heavy atom. The Kier molecular flexibility index (Phi) is 7.14. The van der Waals surface area contributed by atoms with E-state index in [0.29, 0.717) is 6.42 Å². The van der Waals surface area contributed by atoms with E-state index >= 15 is 0 Å². The second kappa shape index (κ2) is 7.53. The highest BCUT2D eigenvalue weighted by molar-refractivity contribution is 6.34. The first-order valence-corrected chi connectivity index (χ1v) is 6.57. The van der Waals surface area contributed by atoms with Crippen LogP contribution in [0, 0.1) is 0 Å². The van der Waals surface area contributed by atoms with Crippen LogP contribution in [0.3, 0.4) is 0 Å². The van der Waals surface area contributed by atoms with Crippen molar-refractivity contribution in [3.63, 3.8) is 0 Å². The fourth-order valence-corrected chi connectivity index (χ4v) is 1.09. The number of allylic oxidation sites excluding steroid dienone is 1. The number of carbonyl (C=O) groups excluding carboxylic acids is 1. The van der Waals surface area contributed by atoms with Crippen LogP contribution in [0.2, 0.25) is 12.6 Å². The Morgan fingerprint density at radius 3 is 2.91 bits per heavy atom. The van der Waals surface area contributed by atoms with Crippen LogP contribution in [0.1, 0.15) is 19.8 Å². The van der Waals surface area contributed by atoms with Crippen LogP contribution in [-0.2, 0) is 9.53 Å². The van der Waals surface area contributed by atoms with E-state index in [1.807, 2.05) is 13.0 Å². The molecule has 2 nitrogen and oxygen atoms in total. The Labute approximate surface area is 70.5 Å². The standard InChI is InChI=1S/C8H16O2Si/c1-3-5-8(9)10-6-4-7-11-2/h4,6H,3,5,7,11H2,1-2H3. The maximum absolute atomic E-state index is 10.7. The highest BCUT2D eigenvalue weighted by atomic mass is 28.2. The van der Waals surface area contributed by atoms with Crippen LogP contribution in [0.5, 0.6) is 0 Å². The summed E-state index contributed by atoms with van der Waals surface area (Å²) in [5.74, 6) is -0.124. The van der Waals surface area contributed by atoms with Gasteiger partial charge in [-0.1, -0.05) is 19.5 Å². The lowest BCUT2D eigenvalue weighted by atomic mass is 10.3. The molecule has 0 aromatic carbocycles. The minimum atomic E-state index is -0.124. The van der Waals surface area contributed by atoms with Gasteiger partial charge in [0.15, 0.2) is 0 Å². The largest absolute Gasteiger partial charge is 0.435 e. The minimum Gasteiger partial charge on any atom is -0.435 e. The predicted molar refractivity (Wildman–Crippen MR) is 49.4 cm³/mol. The molecule has 0 rings (SSSR count). The quantitative estimate of drug-likeness (QED) is 0.357. The SMILES string of the molecule is CCCC(=O)OC=CC[SiH2]C. The van der Waals surface area contributed by atoms with E-state index < -0.39 is 0 Å². The van der Waals surface area contributed by atoms with Gasteiger partial charge < -0.3 is 4.74 Å². The molecule has 0 heterocycles. The number of ether oxygens (including phenoxy) is 1. The molecule has 11 heavy (non-hydrogen) atoms. The summed E-state index contributed by atoms with van der Waals surface area (Å²) >= 11 is 0. The van der Waals surface area contributed by atoms with Crippen molar-refractivity contribution < 1.29 is 9.53 Å². The van der Waals surface area contributed by atoms with Gasteiger partial charge in [-0.15, -0.1) is 0 Å². The molecule has 0 aliphatic carbocycles. The molecule has 0 atom stereocenters. The fraction of sp³-hybridized carbons (Fsp3) is 0.625. The fourth-order valence-electron chi connectivity index (χ4n) is 0.622. The van der Waals surface area contributed by atoms with Gasteiger partial charge in [0, 0.05) is 15.9 Å². The van der Waals surface area contributed by atoms with E-state index in [1.54, 1.807) is 0 Å². The average Bonchev–Trinajstić information content (AvgIpc) is 1.99. The molecule has 0 N–H and O–H groups in total. The molecule has 0 amide bonds. The van der Waals surface area contributed by atoms with E-state index in [0.717, 1.165) is 12.5 Å². The van der Waals surface area contributed by atoms with Gasteiger partial charge in [-0.2, -0.15) is 0 Å². The Bertz CT molecular complexity index is 132. The Hall–Kier alpha value is -0.573. The van der Waals surface area contributed by atoms with E-state index in [9.17, 15) is 4.79 Å². The van der Waals surface area contributed by atoms with Crippen molar-refractivity contribution in [3.8, 4) is 0 Å². The molecule has 0 fully saturated rings. The molecular formula is C8H16O2Si. The van der Waals surface area contributed by atoms with Gasteiger partial charge >= 0.3 is 5.97 Å². The number of esters is 1. The molecule has 3 heteroatoms. The lowest BCUT2D eigenvalue weighted by Gasteiger charge is -1.94. The summed E-state index contributed by atoms with van der Waals surface area (Å²) in [5, 5.41) is 0. The van der Waals surface area contributed by atoms with E-state index in [2.05, 4.69) is 6.55 Å². The third-order valence-electron chi connectivity index (χ3n) is 1.21. The Morgan fingerprint density at radius 1 is 1.64 bits per heavy atom. The smallest absolute Gasteiger partial charge is 0.310 e. The molecule has 0 aliphatic heterocycles. The maximum atomic E-state index is 10.7. The molecule has 0 saturated heterocycles. The van der Waals surface area contributed by atoms with Crippen LogP contribution in [0.25, 0.3) is 0 Å². The van der Waals surface area contributed by atoms with Gasteiger partial charge in [0.05, 0.1) is 6.26 Å². The van der Waals surface area contributed by atoms with Gasteiger partial charge in [0.2, 0.25) is 0 Å². The van der Waals surface area contributed by atoms with Crippen molar-refractivity contribution in [1.82, 2.24) is 0 Å². The molecule has 0 bridgehead atoms. The van der Waals surface area contributed by atoms with Crippen molar-refractivity contribution in [3.05, 3.63) is 12.3 Å². The topological polar surface area (TPSA) is 26.3 Å². The van der Waals surface area contributed by atoms with Gasteiger partial charge in [-0.05, 0) is 12.5 Å². The number of hydrogen-bond donors (Lipinski definition) is 0. The average molecular weight is 172 g/mol. The van der Waals surface area contributed by atoms with Crippen molar-refractivity contribution in [1.29, 1.82) is 0 Å². The van der Waals surface area contributed by atoms with Crippen LogP contribution in [-0.4, -0.2) is 15.5 Å². The van der Waals surface area contributed by atoms with Crippen molar-refractivity contribution in [2.45, 2.75) is 32.4 Å². The summed E-state index contributed by atoms with van der Waals surface area (Å²) in [6.45, 7) is 4.18. The normalized spacial score (nSPS) is 11.5. The van der Waals surface area contributed by atoms with E-state index in [1.165, 1.54) is 6.26 Å². The maximum Gasteiger partial charge on any atom is 0.310 e. The minimum absolute atomic E-state index is 0.0795. The van der Waals surface area contributed by atoms with Crippen LogP contribution in [0.15, 0.2) is 12.3 Å². The van der Waals surface area contributed by atoms with Crippen LogP contribution < -0.4 is 0 Å². The summed E-state index contributed by atoms with van der Waals surface area (Å²) in [6, 6.07) is 1.11. The third-order valence-corrected chi connectivity index (χ3v) is 2.12. The predicted octanol–water partition coefficient (Wildman–Crippen LogP) is 1.48. The molecule has 64 valence electrons. The molecular weight excluding hydrogens is 156 g/mol. The first-order chi connectivity index (χ1) is 5.31. The molecule has 0 spiro atoms. The van der Waals surface area contributed by atoms with Gasteiger partial charge in [0.25, 0.3) is 0 Å². The lowest BCUT2D eigenvalue weighted by molar-refractivity contribution is -0.138. The van der Waals surface area contributed by atoms with Gasteiger partial charge in [-0.3, -0.25) is 4.79 Å². The Balaban J connectivity index is 3.29. The van der Waals surface area contributed by atoms with Crippen molar-refractivity contribution >= 4 is 15.5 Å². The number of hydrogen-bond acceptors (Lipinski definition) is 2. The summed E-state index contributed by atoms with van der Waals surface area (Å²) < 4.78 is 4.79. The molecule has 0 aromatic heterocycles. The van der Waals surface area contributed by atoms with Crippen LogP contribution in [0.4, 0.5) is 0 Å². The zero-order valence-electron chi connectivity index (χ0n) is 7.30. The molecule has 0 aromatic rings. The number of carbonyl (C=O) groups is 1. The first-order valence-electron chi connectivity index (χ1n) is 4.15. The molecule has 0 unspecified atom stereocenters. The van der Waals surface area contributed by atoms with E-state index in [4.69, 9.17) is 4.74 Å². The highest BCUT2D eigenvalue weighted by Crippen LogP contribution is 1.92. The monoisotopic (exact) mass is 172 g/mol.